The quantitative estimate of drug-likeness (QED) is 0.544. The molecule has 0 unspecified atom stereocenters. The molecule has 0 spiro atoms. The lowest BCUT2D eigenvalue weighted by atomic mass is 9.87. The fourth-order valence-electron chi connectivity index (χ4n) is 1.18. The molecule has 1 aromatic carbocycles. The predicted octanol–water partition coefficient (Wildman–Crippen LogP) is 4.81. The van der Waals surface area contributed by atoms with E-state index in [1.165, 1.54) is 7.11 Å². The minimum absolute atomic E-state index is 0.00738. The standard InChI is InChI=1S/C12H15ClO3.C2H6/c1-12(2,3)8-5-6-10(9(13)7-8)16-11(14)15-4;1-2/h5-7H,1-4H3;1-2H3. The summed E-state index contributed by atoms with van der Waals surface area (Å²) in [5, 5.41) is 0.401. The van der Waals surface area contributed by atoms with Gasteiger partial charge >= 0.3 is 6.16 Å². The number of methoxy groups -OCH3 is 1. The third-order valence-electron chi connectivity index (χ3n) is 2.16. The Morgan fingerprint density at radius 1 is 1.22 bits per heavy atom. The first kappa shape index (κ1) is 16.8. The molecule has 0 saturated carbocycles. The Bertz CT molecular complexity index is 395. The molecule has 0 aliphatic carbocycles. The molecule has 0 amide bonds. The van der Waals surface area contributed by atoms with Gasteiger partial charge in [-0.1, -0.05) is 52.3 Å². The Hall–Kier alpha value is -1.22. The SMILES string of the molecule is CC.COC(=O)Oc1ccc(C(C)(C)C)cc1Cl. The maximum atomic E-state index is 10.9. The second-order valence-electron chi connectivity index (χ2n) is 4.45. The minimum Gasteiger partial charge on any atom is -0.437 e. The van der Waals surface area contributed by atoms with E-state index in [1.54, 1.807) is 12.1 Å². The first-order valence-electron chi connectivity index (χ1n) is 5.90. The predicted molar refractivity (Wildman–Crippen MR) is 74.5 cm³/mol. The van der Waals surface area contributed by atoms with Gasteiger partial charge in [0, 0.05) is 0 Å². The Kier molecular flexibility index (Phi) is 6.77. The van der Waals surface area contributed by atoms with Crippen LogP contribution in [0.2, 0.25) is 5.02 Å². The molecule has 0 aliphatic heterocycles. The van der Waals surface area contributed by atoms with E-state index in [2.05, 4.69) is 25.5 Å². The minimum atomic E-state index is -0.773. The van der Waals surface area contributed by atoms with Crippen molar-refractivity contribution in [3.63, 3.8) is 0 Å². The van der Waals surface area contributed by atoms with Crippen molar-refractivity contribution >= 4 is 17.8 Å². The molecule has 0 atom stereocenters. The van der Waals surface area contributed by atoms with Crippen molar-refractivity contribution in [2.75, 3.05) is 7.11 Å². The molecule has 0 fully saturated rings. The Morgan fingerprint density at radius 2 is 1.78 bits per heavy atom. The van der Waals surface area contributed by atoms with Crippen LogP contribution in [-0.2, 0) is 10.2 Å². The zero-order chi connectivity index (χ0) is 14.3. The third kappa shape index (κ3) is 4.96. The number of carbonyl (C=O) groups excluding carboxylic acids is 1. The van der Waals surface area contributed by atoms with Crippen LogP contribution >= 0.6 is 11.6 Å². The molecule has 4 heteroatoms. The lowest BCUT2D eigenvalue weighted by Gasteiger charge is -2.19. The molecule has 0 N–H and O–H groups in total. The lowest BCUT2D eigenvalue weighted by molar-refractivity contribution is 0.121. The molecular formula is C14H21ClO3. The highest BCUT2D eigenvalue weighted by atomic mass is 35.5. The Morgan fingerprint density at radius 3 is 2.17 bits per heavy atom. The summed E-state index contributed by atoms with van der Waals surface area (Å²) in [4.78, 5) is 10.9. The van der Waals surface area contributed by atoms with Gasteiger partial charge in [-0.05, 0) is 23.1 Å². The van der Waals surface area contributed by atoms with Crippen molar-refractivity contribution in [2.45, 2.75) is 40.0 Å². The number of halogens is 1. The Labute approximate surface area is 114 Å². The summed E-state index contributed by atoms with van der Waals surface area (Å²) < 4.78 is 9.26. The van der Waals surface area contributed by atoms with Gasteiger partial charge in [0.15, 0.2) is 5.75 Å². The summed E-state index contributed by atoms with van der Waals surface area (Å²) in [6.07, 6.45) is -0.773. The molecule has 102 valence electrons. The van der Waals surface area contributed by atoms with E-state index in [0.717, 1.165) is 5.56 Å². The second kappa shape index (κ2) is 7.27. The summed E-state index contributed by atoms with van der Waals surface area (Å²) >= 11 is 6.00. The molecule has 1 rings (SSSR count). The van der Waals surface area contributed by atoms with Gasteiger partial charge in [0.05, 0.1) is 12.1 Å². The fraction of sp³-hybridized carbons (Fsp3) is 0.500. The average Bonchev–Trinajstić information content (AvgIpc) is 2.32. The van der Waals surface area contributed by atoms with Crippen molar-refractivity contribution in [3.05, 3.63) is 28.8 Å². The molecule has 1 aromatic rings. The first-order valence-corrected chi connectivity index (χ1v) is 6.28. The van der Waals surface area contributed by atoms with Gasteiger partial charge in [0.2, 0.25) is 0 Å². The van der Waals surface area contributed by atoms with Gasteiger partial charge in [0.1, 0.15) is 0 Å². The summed E-state index contributed by atoms with van der Waals surface area (Å²) in [6, 6.07) is 5.34. The van der Waals surface area contributed by atoms with Gasteiger partial charge in [-0.15, -0.1) is 0 Å². The maximum absolute atomic E-state index is 10.9. The van der Waals surface area contributed by atoms with Gasteiger partial charge < -0.3 is 9.47 Å². The van der Waals surface area contributed by atoms with Gasteiger partial charge in [-0.25, -0.2) is 4.79 Å². The maximum Gasteiger partial charge on any atom is 0.513 e. The van der Waals surface area contributed by atoms with E-state index in [9.17, 15) is 4.79 Å². The highest BCUT2D eigenvalue weighted by Gasteiger charge is 2.16. The van der Waals surface area contributed by atoms with Gasteiger partial charge in [-0.3, -0.25) is 0 Å². The zero-order valence-corrected chi connectivity index (χ0v) is 12.6. The van der Waals surface area contributed by atoms with Crippen LogP contribution in [-0.4, -0.2) is 13.3 Å². The van der Waals surface area contributed by atoms with Crippen LogP contribution in [0.15, 0.2) is 18.2 Å². The third-order valence-corrected chi connectivity index (χ3v) is 2.45. The molecule has 0 radical (unpaired) electrons. The smallest absolute Gasteiger partial charge is 0.437 e. The normalized spacial score (nSPS) is 10.2. The van der Waals surface area contributed by atoms with Crippen molar-refractivity contribution in [1.29, 1.82) is 0 Å². The number of benzene rings is 1. The van der Waals surface area contributed by atoms with E-state index < -0.39 is 6.16 Å². The van der Waals surface area contributed by atoms with E-state index in [4.69, 9.17) is 16.3 Å². The second-order valence-corrected chi connectivity index (χ2v) is 4.86. The average molecular weight is 273 g/mol. The summed E-state index contributed by atoms with van der Waals surface area (Å²) in [5.41, 5.74) is 1.09. The van der Waals surface area contributed by atoms with Crippen LogP contribution in [0, 0.1) is 0 Å². The van der Waals surface area contributed by atoms with Crippen molar-refractivity contribution < 1.29 is 14.3 Å². The van der Waals surface area contributed by atoms with E-state index in [0.29, 0.717) is 10.8 Å². The summed E-state index contributed by atoms with van der Waals surface area (Å²) in [5.74, 6) is 0.307. The van der Waals surface area contributed by atoms with Crippen LogP contribution in [0.3, 0.4) is 0 Å². The fourth-order valence-corrected chi connectivity index (χ4v) is 1.40. The Balaban J connectivity index is 0.00000137. The zero-order valence-electron chi connectivity index (χ0n) is 11.8. The molecule has 0 heterocycles. The van der Waals surface area contributed by atoms with Crippen LogP contribution in [0.4, 0.5) is 4.79 Å². The number of hydrogen-bond donors (Lipinski definition) is 0. The monoisotopic (exact) mass is 272 g/mol. The molecule has 0 saturated heterocycles. The highest BCUT2D eigenvalue weighted by Crippen LogP contribution is 2.31. The van der Waals surface area contributed by atoms with Crippen LogP contribution in [0.25, 0.3) is 0 Å². The van der Waals surface area contributed by atoms with Gasteiger partial charge in [-0.2, -0.15) is 0 Å². The van der Waals surface area contributed by atoms with E-state index >= 15 is 0 Å². The van der Waals surface area contributed by atoms with Crippen LogP contribution in [0.1, 0.15) is 40.2 Å². The van der Waals surface area contributed by atoms with Crippen molar-refractivity contribution in [3.8, 4) is 5.75 Å². The number of hydrogen-bond acceptors (Lipinski definition) is 3. The van der Waals surface area contributed by atoms with Crippen LogP contribution in [0.5, 0.6) is 5.75 Å². The molecule has 0 bridgehead atoms. The number of carbonyl (C=O) groups is 1. The lowest BCUT2D eigenvalue weighted by Crippen LogP contribution is -2.12. The molecule has 18 heavy (non-hydrogen) atoms. The van der Waals surface area contributed by atoms with E-state index in [-0.39, 0.29) is 5.41 Å². The summed E-state index contributed by atoms with van der Waals surface area (Å²) in [6.45, 7) is 10.2. The largest absolute Gasteiger partial charge is 0.513 e. The number of rotatable bonds is 1. The van der Waals surface area contributed by atoms with Crippen molar-refractivity contribution in [1.82, 2.24) is 0 Å². The van der Waals surface area contributed by atoms with Crippen molar-refractivity contribution in [2.24, 2.45) is 0 Å². The van der Waals surface area contributed by atoms with Gasteiger partial charge in [0.25, 0.3) is 0 Å². The summed E-state index contributed by atoms with van der Waals surface area (Å²) in [7, 11) is 1.25. The van der Waals surface area contributed by atoms with Crippen LogP contribution < -0.4 is 4.74 Å². The van der Waals surface area contributed by atoms with E-state index in [1.807, 2.05) is 19.9 Å². The first-order chi connectivity index (χ1) is 8.34. The molecule has 0 aliphatic rings. The highest BCUT2D eigenvalue weighted by molar-refractivity contribution is 6.32. The topological polar surface area (TPSA) is 35.5 Å². The molecule has 0 aromatic heterocycles. The molecule has 3 nitrogen and oxygen atoms in total. The number of ether oxygens (including phenoxy) is 2. The molecular weight excluding hydrogens is 252 g/mol.